The Morgan fingerprint density at radius 3 is 2.46 bits per heavy atom. The lowest BCUT2D eigenvalue weighted by molar-refractivity contribution is 0.414. The highest BCUT2D eigenvalue weighted by Crippen LogP contribution is 2.16. The lowest BCUT2D eigenvalue weighted by atomic mass is 10.2. The maximum absolute atomic E-state index is 8.94. The lowest BCUT2D eigenvalue weighted by Crippen LogP contribution is -1.73. The van der Waals surface area contributed by atoms with Crippen LogP contribution in [-0.2, 0) is 0 Å². The van der Waals surface area contributed by atoms with Gasteiger partial charge in [0, 0.05) is 0 Å². The van der Waals surface area contributed by atoms with Gasteiger partial charge in [0.15, 0.2) is 0 Å². The normalized spacial score (nSPS) is 13.5. The van der Waals surface area contributed by atoms with Crippen LogP contribution in [0.3, 0.4) is 0 Å². The minimum atomic E-state index is 0.294. The Labute approximate surface area is 78.2 Å². The van der Waals surface area contributed by atoms with Crippen molar-refractivity contribution >= 4 is 5.57 Å². The molecule has 0 bridgehead atoms. The van der Waals surface area contributed by atoms with Crippen LogP contribution in [0.2, 0.25) is 0 Å². The van der Waals surface area contributed by atoms with Crippen LogP contribution in [0.1, 0.15) is 25.4 Å². The number of hydrogen-bond acceptors (Lipinski definition) is 2. The summed E-state index contributed by atoms with van der Waals surface area (Å²) in [6.45, 7) is 5.48. The van der Waals surface area contributed by atoms with Crippen LogP contribution in [0.5, 0.6) is 0 Å². The summed E-state index contributed by atoms with van der Waals surface area (Å²) in [5.74, 6) is 2.03. The van der Waals surface area contributed by atoms with Crippen molar-refractivity contribution in [2.75, 3.05) is 0 Å². The molecule has 0 fully saturated rings. The molecule has 0 aliphatic rings. The van der Waals surface area contributed by atoms with Gasteiger partial charge in [0.2, 0.25) is 0 Å². The van der Waals surface area contributed by atoms with Gasteiger partial charge in [0.05, 0.1) is 5.76 Å². The van der Waals surface area contributed by atoms with Gasteiger partial charge in [0.1, 0.15) is 11.5 Å². The molecule has 0 aromatic carbocycles. The second-order valence-corrected chi connectivity index (χ2v) is 3.07. The highest BCUT2D eigenvalue weighted by atomic mass is 16.3. The van der Waals surface area contributed by atoms with Gasteiger partial charge in [-0.2, -0.15) is 0 Å². The Bertz CT molecular complexity index is 339. The fourth-order valence-electron chi connectivity index (χ4n) is 0.974. The minimum absolute atomic E-state index is 0.294. The maximum Gasteiger partial charge on any atom is 0.129 e. The maximum atomic E-state index is 8.94. The van der Waals surface area contributed by atoms with Crippen molar-refractivity contribution < 1.29 is 9.52 Å². The third-order valence-electron chi connectivity index (χ3n) is 1.70. The van der Waals surface area contributed by atoms with Crippen molar-refractivity contribution in [3.8, 4) is 0 Å². The summed E-state index contributed by atoms with van der Waals surface area (Å²) in [5, 5.41) is 8.94. The SMILES string of the molecule is C/C(O)=C/C=C(\C)c1ccc(C)o1. The van der Waals surface area contributed by atoms with Crippen molar-refractivity contribution in [1.82, 2.24) is 0 Å². The zero-order valence-corrected chi connectivity index (χ0v) is 8.16. The van der Waals surface area contributed by atoms with Crippen LogP contribution in [-0.4, -0.2) is 5.11 Å². The fourth-order valence-corrected chi connectivity index (χ4v) is 0.974. The van der Waals surface area contributed by atoms with Gasteiger partial charge in [-0.25, -0.2) is 0 Å². The van der Waals surface area contributed by atoms with E-state index in [1.807, 2.05) is 32.1 Å². The minimum Gasteiger partial charge on any atom is -0.513 e. The average Bonchev–Trinajstić information content (AvgIpc) is 2.47. The third kappa shape index (κ3) is 2.82. The molecule has 1 N–H and O–H groups in total. The molecule has 0 amide bonds. The molecule has 0 spiro atoms. The molecule has 0 saturated heterocycles. The topological polar surface area (TPSA) is 33.4 Å². The van der Waals surface area contributed by atoms with Crippen LogP contribution < -0.4 is 0 Å². The van der Waals surface area contributed by atoms with Gasteiger partial charge in [-0.15, -0.1) is 0 Å². The molecule has 0 aliphatic heterocycles. The Kier molecular flexibility index (Phi) is 2.96. The van der Waals surface area contributed by atoms with E-state index in [1.54, 1.807) is 13.0 Å². The molecule has 2 heteroatoms. The number of aryl methyl sites for hydroxylation is 1. The van der Waals surface area contributed by atoms with Crippen LogP contribution in [0.25, 0.3) is 5.57 Å². The summed E-state index contributed by atoms with van der Waals surface area (Å²) >= 11 is 0. The van der Waals surface area contributed by atoms with Gasteiger partial charge in [-0.3, -0.25) is 0 Å². The summed E-state index contributed by atoms with van der Waals surface area (Å²) < 4.78 is 5.40. The summed E-state index contributed by atoms with van der Waals surface area (Å²) in [6.07, 6.45) is 3.47. The highest BCUT2D eigenvalue weighted by molar-refractivity contribution is 5.61. The van der Waals surface area contributed by atoms with Crippen LogP contribution >= 0.6 is 0 Å². The second-order valence-electron chi connectivity index (χ2n) is 3.07. The summed E-state index contributed by atoms with van der Waals surface area (Å²) in [7, 11) is 0. The number of rotatable bonds is 2. The zero-order chi connectivity index (χ0) is 9.84. The molecule has 2 nitrogen and oxygen atoms in total. The molecule has 1 aromatic rings. The number of hydrogen-bond donors (Lipinski definition) is 1. The number of aliphatic hydroxyl groups is 1. The van der Waals surface area contributed by atoms with E-state index >= 15 is 0 Å². The Hall–Kier alpha value is -1.44. The zero-order valence-electron chi connectivity index (χ0n) is 8.16. The molecule has 0 unspecified atom stereocenters. The van der Waals surface area contributed by atoms with Crippen molar-refractivity contribution in [1.29, 1.82) is 0 Å². The molecular weight excluding hydrogens is 164 g/mol. The summed E-state index contributed by atoms with van der Waals surface area (Å²) in [5.41, 5.74) is 1.00. The van der Waals surface area contributed by atoms with Gasteiger partial charge in [-0.1, -0.05) is 6.08 Å². The molecule has 1 aromatic heterocycles. The Balaban J connectivity index is 2.85. The molecular formula is C11H14O2. The van der Waals surface area contributed by atoms with E-state index in [-0.39, 0.29) is 0 Å². The molecule has 1 heterocycles. The van der Waals surface area contributed by atoms with E-state index in [2.05, 4.69) is 0 Å². The van der Waals surface area contributed by atoms with Gasteiger partial charge in [-0.05, 0) is 44.6 Å². The van der Waals surface area contributed by atoms with Crippen molar-refractivity contribution in [3.05, 3.63) is 41.6 Å². The van der Waals surface area contributed by atoms with E-state index in [0.717, 1.165) is 17.1 Å². The molecule has 1 rings (SSSR count). The van der Waals surface area contributed by atoms with Crippen LogP contribution in [0, 0.1) is 6.92 Å². The monoisotopic (exact) mass is 178 g/mol. The predicted molar refractivity (Wildman–Crippen MR) is 53.5 cm³/mol. The third-order valence-corrected chi connectivity index (χ3v) is 1.70. The first kappa shape index (κ1) is 9.65. The van der Waals surface area contributed by atoms with E-state index in [9.17, 15) is 0 Å². The quantitative estimate of drug-likeness (QED) is 0.555. The van der Waals surface area contributed by atoms with E-state index in [4.69, 9.17) is 9.52 Å². The highest BCUT2D eigenvalue weighted by Gasteiger charge is 1.98. The lowest BCUT2D eigenvalue weighted by Gasteiger charge is -1.93. The Morgan fingerprint density at radius 1 is 1.31 bits per heavy atom. The first-order valence-electron chi connectivity index (χ1n) is 4.20. The van der Waals surface area contributed by atoms with Gasteiger partial charge < -0.3 is 9.52 Å². The molecule has 0 radical (unpaired) electrons. The number of aliphatic hydroxyl groups excluding tert-OH is 1. The molecule has 70 valence electrons. The van der Waals surface area contributed by atoms with Gasteiger partial charge in [0.25, 0.3) is 0 Å². The fraction of sp³-hybridized carbons (Fsp3) is 0.273. The second kappa shape index (κ2) is 3.99. The van der Waals surface area contributed by atoms with Crippen LogP contribution in [0.4, 0.5) is 0 Å². The van der Waals surface area contributed by atoms with Crippen molar-refractivity contribution in [2.24, 2.45) is 0 Å². The smallest absolute Gasteiger partial charge is 0.129 e. The molecule has 0 saturated carbocycles. The van der Waals surface area contributed by atoms with Gasteiger partial charge >= 0.3 is 0 Å². The van der Waals surface area contributed by atoms with Crippen LogP contribution in [0.15, 0.2) is 34.5 Å². The Morgan fingerprint density at radius 2 is 2.00 bits per heavy atom. The standard InChI is InChI=1S/C11H14O2/c1-8(4-5-9(2)12)11-7-6-10(3)13-11/h4-7,12H,1-3H3/b8-4+,9-5-. The van der Waals surface area contributed by atoms with Crippen molar-refractivity contribution in [3.63, 3.8) is 0 Å². The van der Waals surface area contributed by atoms with E-state index in [1.165, 1.54) is 0 Å². The first-order valence-corrected chi connectivity index (χ1v) is 4.20. The molecule has 0 atom stereocenters. The first-order chi connectivity index (χ1) is 6.09. The number of furan rings is 1. The molecule has 0 aliphatic carbocycles. The summed E-state index contributed by atoms with van der Waals surface area (Å²) in [4.78, 5) is 0. The number of allylic oxidation sites excluding steroid dienone is 4. The largest absolute Gasteiger partial charge is 0.513 e. The predicted octanol–water partition coefficient (Wildman–Crippen LogP) is 3.45. The average molecular weight is 178 g/mol. The molecule has 13 heavy (non-hydrogen) atoms. The summed E-state index contributed by atoms with van der Waals surface area (Å²) in [6, 6.07) is 3.84. The van der Waals surface area contributed by atoms with E-state index < -0.39 is 0 Å². The van der Waals surface area contributed by atoms with E-state index in [0.29, 0.717) is 5.76 Å². The van der Waals surface area contributed by atoms with Crippen molar-refractivity contribution in [2.45, 2.75) is 20.8 Å².